The summed E-state index contributed by atoms with van der Waals surface area (Å²) in [6.45, 7) is 4.98. The van der Waals surface area contributed by atoms with Crippen LogP contribution in [0.1, 0.15) is 32.8 Å². The Labute approximate surface area is 217 Å². The molecule has 0 fully saturated rings. The van der Waals surface area contributed by atoms with Crippen molar-refractivity contribution in [2.24, 2.45) is 0 Å². The van der Waals surface area contributed by atoms with Gasteiger partial charge in [-0.25, -0.2) is 8.42 Å². The number of anilines is 1. The molecule has 2 aromatic carbocycles. The number of hydrogen-bond donors (Lipinski definition) is 1. The maximum Gasteiger partial charge on any atom is 0.244 e. The summed E-state index contributed by atoms with van der Waals surface area (Å²) in [5.41, 5.74) is 0.834. The Morgan fingerprint density at radius 3 is 2.23 bits per heavy atom. The minimum Gasteiger partial charge on any atom is -0.497 e. The number of amides is 2. The average molecular weight is 545 g/mol. The fourth-order valence-corrected chi connectivity index (χ4v) is 4.79. The highest BCUT2D eigenvalue weighted by Crippen LogP contribution is 2.31. The van der Waals surface area contributed by atoms with Crippen molar-refractivity contribution in [2.45, 2.75) is 45.8 Å². The van der Waals surface area contributed by atoms with Crippen LogP contribution in [0.25, 0.3) is 0 Å². The number of hydrogen-bond acceptors (Lipinski definition) is 5. The van der Waals surface area contributed by atoms with Gasteiger partial charge in [0, 0.05) is 17.6 Å². The van der Waals surface area contributed by atoms with Crippen LogP contribution in [-0.2, 0) is 26.2 Å². The molecule has 192 valence electrons. The highest BCUT2D eigenvalue weighted by atomic mass is 35.5. The molecule has 0 aromatic heterocycles. The molecule has 0 aliphatic carbocycles. The predicted octanol–water partition coefficient (Wildman–Crippen LogP) is 4.10. The van der Waals surface area contributed by atoms with Gasteiger partial charge in [-0.2, -0.15) is 0 Å². The SMILES string of the molecule is CCC(C(=O)NC(C)C)N(Cc1ccc(OC)cc1)C(=O)CN(c1cc(Cl)ccc1Cl)S(C)(=O)=O. The number of carbonyl (C=O) groups excluding carboxylic acids is 2. The Morgan fingerprint density at radius 1 is 1.09 bits per heavy atom. The number of sulfonamides is 1. The zero-order valence-electron chi connectivity index (χ0n) is 20.4. The maximum atomic E-state index is 13.6. The summed E-state index contributed by atoms with van der Waals surface area (Å²) in [4.78, 5) is 28.0. The Morgan fingerprint density at radius 2 is 1.71 bits per heavy atom. The second-order valence-electron chi connectivity index (χ2n) is 8.32. The smallest absolute Gasteiger partial charge is 0.244 e. The van der Waals surface area contributed by atoms with Crippen LogP contribution in [0.3, 0.4) is 0 Å². The fraction of sp³-hybridized carbons (Fsp3) is 0.417. The molecular formula is C24H31Cl2N3O5S. The van der Waals surface area contributed by atoms with Gasteiger partial charge >= 0.3 is 0 Å². The fourth-order valence-electron chi connectivity index (χ4n) is 3.50. The van der Waals surface area contributed by atoms with Crippen LogP contribution in [0.5, 0.6) is 5.75 Å². The van der Waals surface area contributed by atoms with E-state index in [-0.39, 0.29) is 34.2 Å². The van der Waals surface area contributed by atoms with Crippen molar-refractivity contribution >= 4 is 50.7 Å². The molecule has 2 rings (SSSR count). The third-order valence-corrected chi connectivity index (χ3v) is 6.87. The van der Waals surface area contributed by atoms with Crippen molar-refractivity contribution in [3.8, 4) is 5.75 Å². The molecule has 2 aromatic rings. The van der Waals surface area contributed by atoms with E-state index in [0.717, 1.165) is 16.1 Å². The molecule has 0 bridgehead atoms. The van der Waals surface area contributed by atoms with Gasteiger partial charge < -0.3 is 15.0 Å². The third kappa shape index (κ3) is 8.02. The highest BCUT2D eigenvalue weighted by molar-refractivity contribution is 7.92. The van der Waals surface area contributed by atoms with E-state index < -0.39 is 28.5 Å². The van der Waals surface area contributed by atoms with Gasteiger partial charge in [-0.15, -0.1) is 0 Å². The Kier molecular flexibility index (Phi) is 10.2. The van der Waals surface area contributed by atoms with Crippen LogP contribution in [0, 0.1) is 0 Å². The van der Waals surface area contributed by atoms with Crippen LogP contribution >= 0.6 is 23.2 Å². The van der Waals surface area contributed by atoms with Crippen molar-refractivity contribution < 1.29 is 22.7 Å². The van der Waals surface area contributed by atoms with Crippen LogP contribution in [0.2, 0.25) is 10.0 Å². The number of nitrogens with zero attached hydrogens (tertiary/aromatic N) is 2. The molecule has 11 heteroatoms. The lowest BCUT2D eigenvalue weighted by Crippen LogP contribution is -2.53. The van der Waals surface area contributed by atoms with Gasteiger partial charge in [-0.3, -0.25) is 13.9 Å². The van der Waals surface area contributed by atoms with Gasteiger partial charge in [0.1, 0.15) is 18.3 Å². The van der Waals surface area contributed by atoms with E-state index in [1.165, 1.54) is 23.1 Å². The quantitative estimate of drug-likeness (QED) is 0.460. The van der Waals surface area contributed by atoms with E-state index in [2.05, 4.69) is 5.32 Å². The van der Waals surface area contributed by atoms with E-state index in [1.54, 1.807) is 38.3 Å². The summed E-state index contributed by atoms with van der Waals surface area (Å²) in [6.07, 6.45) is 1.31. The zero-order chi connectivity index (χ0) is 26.3. The molecule has 0 radical (unpaired) electrons. The molecule has 1 unspecified atom stereocenters. The van der Waals surface area contributed by atoms with Gasteiger partial charge in [-0.1, -0.05) is 42.3 Å². The molecule has 2 amide bonds. The zero-order valence-corrected chi connectivity index (χ0v) is 22.7. The second kappa shape index (κ2) is 12.5. The van der Waals surface area contributed by atoms with E-state index >= 15 is 0 Å². The van der Waals surface area contributed by atoms with Gasteiger partial charge in [0.2, 0.25) is 21.8 Å². The summed E-state index contributed by atoms with van der Waals surface area (Å²) >= 11 is 12.3. The number of ether oxygens (including phenoxy) is 1. The maximum absolute atomic E-state index is 13.6. The number of halogens is 2. The molecule has 0 spiro atoms. The number of carbonyl (C=O) groups is 2. The molecular weight excluding hydrogens is 513 g/mol. The molecule has 35 heavy (non-hydrogen) atoms. The normalized spacial score (nSPS) is 12.2. The topological polar surface area (TPSA) is 96.0 Å². The van der Waals surface area contributed by atoms with Gasteiger partial charge in [0.15, 0.2) is 0 Å². The lowest BCUT2D eigenvalue weighted by molar-refractivity contribution is -0.140. The number of rotatable bonds is 11. The van der Waals surface area contributed by atoms with E-state index in [1.807, 2.05) is 13.8 Å². The summed E-state index contributed by atoms with van der Waals surface area (Å²) in [7, 11) is -2.36. The Balaban J connectivity index is 2.48. The van der Waals surface area contributed by atoms with Crippen molar-refractivity contribution in [1.82, 2.24) is 10.2 Å². The standard InChI is InChI=1S/C24H31Cl2N3O5S/c1-6-21(24(31)27-16(2)3)28(14-17-7-10-19(34-4)11-8-17)23(30)15-29(35(5,32)33)22-13-18(25)9-12-20(22)26/h7-13,16,21H,6,14-15H2,1-5H3,(H,27,31). The monoisotopic (exact) mass is 543 g/mol. The molecule has 1 atom stereocenters. The average Bonchev–Trinajstić information content (AvgIpc) is 2.78. The number of nitrogens with one attached hydrogen (secondary N) is 1. The summed E-state index contributed by atoms with van der Waals surface area (Å²) in [5.74, 6) is -0.237. The first-order valence-corrected chi connectivity index (χ1v) is 13.6. The molecule has 0 aliphatic rings. The van der Waals surface area contributed by atoms with Gasteiger partial charge in [-0.05, 0) is 56.2 Å². The van der Waals surface area contributed by atoms with Crippen molar-refractivity contribution in [2.75, 3.05) is 24.2 Å². The van der Waals surface area contributed by atoms with E-state index in [9.17, 15) is 18.0 Å². The summed E-state index contributed by atoms with van der Waals surface area (Å²) < 4.78 is 31.4. The minimum absolute atomic E-state index is 0.0825. The number of benzene rings is 2. The predicted molar refractivity (Wildman–Crippen MR) is 140 cm³/mol. The molecule has 8 nitrogen and oxygen atoms in total. The number of methoxy groups -OCH3 is 1. The van der Waals surface area contributed by atoms with Crippen LogP contribution in [-0.4, -0.2) is 57.1 Å². The van der Waals surface area contributed by atoms with Crippen molar-refractivity contribution in [1.29, 1.82) is 0 Å². The first kappa shape index (κ1) is 28.7. The van der Waals surface area contributed by atoms with Gasteiger partial charge in [0.25, 0.3) is 0 Å². The summed E-state index contributed by atoms with van der Waals surface area (Å²) in [6, 6.07) is 10.5. The van der Waals surface area contributed by atoms with Crippen LogP contribution < -0.4 is 14.4 Å². The van der Waals surface area contributed by atoms with E-state index in [4.69, 9.17) is 27.9 Å². The molecule has 0 heterocycles. The third-order valence-electron chi connectivity index (χ3n) is 5.18. The molecule has 1 N–H and O–H groups in total. The van der Waals surface area contributed by atoms with Gasteiger partial charge in [0.05, 0.1) is 24.1 Å². The highest BCUT2D eigenvalue weighted by Gasteiger charge is 2.32. The Bertz CT molecular complexity index is 1140. The summed E-state index contributed by atoms with van der Waals surface area (Å²) in [5, 5.41) is 3.23. The van der Waals surface area contributed by atoms with E-state index in [0.29, 0.717) is 12.2 Å². The van der Waals surface area contributed by atoms with Crippen LogP contribution in [0.4, 0.5) is 5.69 Å². The lowest BCUT2D eigenvalue weighted by atomic mass is 10.1. The van der Waals surface area contributed by atoms with Crippen LogP contribution in [0.15, 0.2) is 42.5 Å². The molecule has 0 saturated heterocycles. The minimum atomic E-state index is -3.91. The van der Waals surface area contributed by atoms with Crippen molar-refractivity contribution in [3.05, 3.63) is 58.1 Å². The second-order valence-corrected chi connectivity index (χ2v) is 11.1. The first-order valence-electron chi connectivity index (χ1n) is 11.0. The largest absolute Gasteiger partial charge is 0.497 e. The first-order chi connectivity index (χ1) is 16.4. The lowest BCUT2D eigenvalue weighted by Gasteiger charge is -2.33. The van der Waals surface area contributed by atoms with Crippen molar-refractivity contribution in [3.63, 3.8) is 0 Å². The Hall–Kier alpha value is -2.49. The molecule has 0 saturated carbocycles. The molecule has 0 aliphatic heterocycles.